The monoisotopic (exact) mass is 324 g/mol. The quantitative estimate of drug-likeness (QED) is 0.608. The smallest absolute Gasteiger partial charge is 0.237 e. The minimum atomic E-state index is 0.560. The summed E-state index contributed by atoms with van der Waals surface area (Å²) in [7, 11) is 3.55. The van der Waals surface area contributed by atoms with E-state index in [1.807, 2.05) is 42.2 Å². The van der Waals surface area contributed by atoms with Gasteiger partial charge in [0.25, 0.3) is 0 Å². The van der Waals surface area contributed by atoms with Crippen LogP contribution in [0.1, 0.15) is 35.6 Å². The molecule has 0 bridgehead atoms. The Morgan fingerprint density at radius 1 is 1.33 bits per heavy atom. The minimum absolute atomic E-state index is 0.560. The number of amides is 1. The molecule has 0 aliphatic heterocycles. The Labute approximate surface area is 141 Å². The van der Waals surface area contributed by atoms with Crippen molar-refractivity contribution in [1.82, 2.24) is 0 Å². The topological polar surface area (TPSA) is 54.2 Å². The summed E-state index contributed by atoms with van der Waals surface area (Å²) in [4.78, 5) is 16.1. The van der Waals surface area contributed by atoms with Gasteiger partial charge < -0.3 is 10.6 Å². The van der Waals surface area contributed by atoms with Crippen molar-refractivity contribution in [2.45, 2.75) is 18.8 Å². The number of hydrogen-bond acceptors (Lipinski definition) is 3. The number of nitrogens with one attached hydrogen (secondary N) is 2. The number of benzene rings is 1. The first-order chi connectivity index (χ1) is 11.7. The lowest BCUT2D eigenvalue weighted by molar-refractivity contribution is -0.890. The maximum absolute atomic E-state index is 10.7. The van der Waals surface area contributed by atoms with E-state index in [9.17, 15) is 4.79 Å². The van der Waals surface area contributed by atoms with Crippen molar-refractivity contribution in [2.24, 2.45) is 0 Å². The average Bonchev–Trinajstić information content (AvgIpc) is 3.46. The highest BCUT2D eigenvalue weighted by Gasteiger charge is 2.33. The molecule has 0 atom stereocenters. The number of rotatable bonds is 7. The van der Waals surface area contributed by atoms with E-state index >= 15 is 0 Å². The van der Waals surface area contributed by atoms with Gasteiger partial charge in [-0.3, -0.25) is 9.63 Å². The summed E-state index contributed by atoms with van der Waals surface area (Å²) in [5.41, 5.74) is 5.79. The molecule has 1 amide bonds. The minimum Gasteiger partial charge on any atom is -0.388 e. The number of carbonyl (C=O) groups is 1. The summed E-state index contributed by atoms with van der Waals surface area (Å²) < 4.78 is 1.82. The van der Waals surface area contributed by atoms with Crippen molar-refractivity contribution in [1.29, 1.82) is 0 Å². The van der Waals surface area contributed by atoms with Crippen molar-refractivity contribution in [3.63, 3.8) is 0 Å². The lowest BCUT2D eigenvalue weighted by Crippen LogP contribution is -2.44. The SMILES string of the molecule is C=C(c1cc[n+](OC)c(C2CC2)c1)c1cc(NC=O)ccc1NC. The Hall–Kier alpha value is -2.82. The average molecular weight is 324 g/mol. The van der Waals surface area contributed by atoms with Crippen LogP contribution < -0.4 is 20.2 Å². The molecule has 0 saturated heterocycles. The number of pyridine rings is 1. The molecule has 24 heavy (non-hydrogen) atoms. The molecule has 0 radical (unpaired) electrons. The number of hydrogen-bond donors (Lipinski definition) is 2. The molecule has 1 fully saturated rings. The molecule has 1 saturated carbocycles. The van der Waals surface area contributed by atoms with Crippen LogP contribution >= 0.6 is 0 Å². The molecular formula is C19H22N3O2+. The second-order valence-corrected chi connectivity index (χ2v) is 5.87. The van der Waals surface area contributed by atoms with E-state index in [4.69, 9.17) is 4.84 Å². The molecule has 1 aliphatic carbocycles. The predicted octanol–water partition coefficient (Wildman–Crippen LogP) is 2.58. The summed E-state index contributed by atoms with van der Waals surface area (Å²) >= 11 is 0. The van der Waals surface area contributed by atoms with Gasteiger partial charge in [-0.25, -0.2) is 0 Å². The van der Waals surface area contributed by atoms with Crippen LogP contribution in [0.3, 0.4) is 0 Å². The zero-order chi connectivity index (χ0) is 17.1. The molecule has 1 heterocycles. The molecule has 0 spiro atoms. The van der Waals surface area contributed by atoms with Gasteiger partial charge in [-0.2, -0.15) is 0 Å². The van der Waals surface area contributed by atoms with Gasteiger partial charge in [0.1, 0.15) is 7.11 Å². The van der Waals surface area contributed by atoms with Crippen molar-refractivity contribution >= 4 is 23.4 Å². The van der Waals surface area contributed by atoms with Crippen molar-refractivity contribution < 1.29 is 14.4 Å². The number of carbonyl (C=O) groups excluding carboxylic acids is 1. The van der Waals surface area contributed by atoms with E-state index in [0.29, 0.717) is 12.3 Å². The summed E-state index contributed by atoms with van der Waals surface area (Å²) in [5.74, 6) is 0.560. The Morgan fingerprint density at radius 3 is 2.75 bits per heavy atom. The molecule has 1 aromatic heterocycles. The largest absolute Gasteiger partial charge is 0.388 e. The first kappa shape index (κ1) is 16.1. The molecule has 1 aromatic carbocycles. The van der Waals surface area contributed by atoms with E-state index in [1.54, 1.807) is 7.11 Å². The number of aromatic nitrogens is 1. The summed E-state index contributed by atoms with van der Waals surface area (Å²) in [6.45, 7) is 4.28. The Morgan fingerprint density at radius 2 is 2.12 bits per heavy atom. The van der Waals surface area contributed by atoms with Gasteiger partial charge in [0, 0.05) is 46.8 Å². The normalized spacial score (nSPS) is 13.2. The Kier molecular flexibility index (Phi) is 4.51. The molecule has 1 aliphatic rings. The van der Waals surface area contributed by atoms with Gasteiger partial charge in [0.15, 0.2) is 0 Å². The van der Waals surface area contributed by atoms with Crippen LogP contribution in [0, 0.1) is 0 Å². The van der Waals surface area contributed by atoms with E-state index in [0.717, 1.165) is 28.1 Å². The molecule has 124 valence electrons. The second kappa shape index (κ2) is 6.74. The standard InChI is InChI=1S/C19H21N3O2/c1-13(17-11-16(21-12-23)6-7-18(17)20-2)15-8-9-22(24-3)19(10-15)14-4-5-14/h6-12,14,20H,1,4-5H2,2-3H3/p+1. The lowest BCUT2D eigenvalue weighted by Gasteiger charge is -2.14. The van der Waals surface area contributed by atoms with Gasteiger partial charge in [-0.1, -0.05) is 6.58 Å². The van der Waals surface area contributed by atoms with Gasteiger partial charge in [-0.15, -0.1) is 0 Å². The summed E-state index contributed by atoms with van der Waals surface area (Å²) in [6, 6.07) is 9.86. The van der Waals surface area contributed by atoms with Crippen LogP contribution in [0.4, 0.5) is 11.4 Å². The van der Waals surface area contributed by atoms with Crippen LogP contribution in [0.15, 0.2) is 43.1 Å². The van der Waals surface area contributed by atoms with E-state index in [-0.39, 0.29) is 0 Å². The highest BCUT2D eigenvalue weighted by Crippen LogP contribution is 2.39. The maximum atomic E-state index is 10.7. The third kappa shape index (κ3) is 3.11. The third-order valence-electron chi connectivity index (χ3n) is 4.33. The van der Waals surface area contributed by atoms with Gasteiger partial charge in [0.05, 0.1) is 0 Å². The van der Waals surface area contributed by atoms with Crippen LogP contribution in [0.25, 0.3) is 5.57 Å². The fraction of sp³-hybridized carbons (Fsp3) is 0.263. The first-order valence-corrected chi connectivity index (χ1v) is 7.99. The Bertz CT molecular complexity index is 782. The summed E-state index contributed by atoms with van der Waals surface area (Å²) in [5, 5.41) is 5.87. The lowest BCUT2D eigenvalue weighted by atomic mass is 9.97. The highest BCUT2D eigenvalue weighted by atomic mass is 16.6. The van der Waals surface area contributed by atoms with E-state index < -0.39 is 0 Å². The highest BCUT2D eigenvalue weighted by molar-refractivity contribution is 5.87. The Balaban J connectivity index is 2.00. The van der Waals surface area contributed by atoms with E-state index in [2.05, 4.69) is 23.3 Å². The van der Waals surface area contributed by atoms with Crippen molar-refractivity contribution in [3.8, 4) is 0 Å². The van der Waals surface area contributed by atoms with Gasteiger partial charge >= 0.3 is 0 Å². The third-order valence-corrected chi connectivity index (χ3v) is 4.33. The number of nitrogens with zero attached hydrogens (tertiary/aromatic N) is 1. The molecule has 5 nitrogen and oxygen atoms in total. The number of anilines is 2. The van der Waals surface area contributed by atoms with Gasteiger partial charge in [0.2, 0.25) is 18.3 Å². The maximum Gasteiger partial charge on any atom is 0.237 e. The van der Waals surface area contributed by atoms with Crippen molar-refractivity contribution in [2.75, 3.05) is 24.8 Å². The summed E-state index contributed by atoms with van der Waals surface area (Å²) in [6.07, 6.45) is 5.00. The molecule has 5 heteroatoms. The fourth-order valence-electron chi connectivity index (χ4n) is 2.86. The van der Waals surface area contributed by atoms with Crippen LogP contribution in [-0.4, -0.2) is 20.6 Å². The molecule has 2 N–H and O–H groups in total. The van der Waals surface area contributed by atoms with Crippen LogP contribution in [-0.2, 0) is 4.79 Å². The fourth-order valence-corrected chi connectivity index (χ4v) is 2.86. The molecule has 0 unspecified atom stereocenters. The van der Waals surface area contributed by atoms with Crippen molar-refractivity contribution in [3.05, 3.63) is 59.9 Å². The van der Waals surface area contributed by atoms with Crippen LogP contribution in [0.2, 0.25) is 0 Å². The predicted molar refractivity (Wildman–Crippen MR) is 94.9 cm³/mol. The first-order valence-electron chi connectivity index (χ1n) is 7.99. The van der Waals surface area contributed by atoms with Crippen LogP contribution in [0.5, 0.6) is 0 Å². The van der Waals surface area contributed by atoms with Gasteiger partial charge in [-0.05, 0) is 42.2 Å². The zero-order valence-electron chi connectivity index (χ0n) is 14.0. The molecular weight excluding hydrogens is 302 g/mol. The zero-order valence-corrected chi connectivity index (χ0v) is 14.0. The second-order valence-electron chi connectivity index (χ2n) is 5.87. The molecule has 3 rings (SSSR count). The molecule has 2 aromatic rings. The van der Waals surface area contributed by atoms with E-state index in [1.165, 1.54) is 18.5 Å².